The summed E-state index contributed by atoms with van der Waals surface area (Å²) in [6.45, 7) is 4.19. The van der Waals surface area contributed by atoms with E-state index in [1.54, 1.807) is 24.3 Å². The van der Waals surface area contributed by atoms with Crippen LogP contribution >= 0.6 is 11.8 Å². The topological polar surface area (TPSA) is 114 Å². The number of rotatable bonds is 9. The molecule has 0 bridgehead atoms. The van der Waals surface area contributed by atoms with Crippen molar-refractivity contribution in [3.05, 3.63) is 42.0 Å². The molecule has 0 radical (unpaired) electrons. The van der Waals surface area contributed by atoms with Gasteiger partial charge in [0.05, 0.1) is 30.0 Å². The van der Waals surface area contributed by atoms with Crippen LogP contribution in [0.5, 0.6) is 0 Å². The minimum Gasteiger partial charge on any atom is -0.465 e. The number of nitrogens with zero attached hydrogens (tertiary/aromatic N) is 3. The van der Waals surface area contributed by atoms with E-state index >= 15 is 0 Å². The van der Waals surface area contributed by atoms with E-state index in [0.29, 0.717) is 29.4 Å². The van der Waals surface area contributed by atoms with E-state index in [2.05, 4.69) is 25.7 Å². The molecule has 1 aromatic carbocycles. The van der Waals surface area contributed by atoms with Gasteiger partial charge in [-0.1, -0.05) is 30.8 Å². The molecule has 1 saturated heterocycles. The van der Waals surface area contributed by atoms with Crippen LogP contribution in [0.4, 0.5) is 11.5 Å². The second kappa shape index (κ2) is 12.2. The summed E-state index contributed by atoms with van der Waals surface area (Å²) >= 11 is 1.25. The Morgan fingerprint density at radius 2 is 2.00 bits per heavy atom. The van der Waals surface area contributed by atoms with Crippen molar-refractivity contribution in [1.29, 1.82) is 0 Å². The Kier molecular flexibility index (Phi) is 9.05. The molecule has 0 saturated carbocycles. The first-order valence-electron chi connectivity index (χ1n) is 11.0. The van der Waals surface area contributed by atoms with E-state index in [1.807, 2.05) is 19.1 Å². The quantitative estimate of drug-likeness (QED) is 0.424. The van der Waals surface area contributed by atoms with Crippen LogP contribution in [0.3, 0.4) is 0 Å². The second-order valence-electron chi connectivity index (χ2n) is 7.68. The largest absolute Gasteiger partial charge is 0.465 e. The Hall–Kier alpha value is -3.14. The van der Waals surface area contributed by atoms with Gasteiger partial charge in [-0.15, -0.1) is 10.2 Å². The maximum absolute atomic E-state index is 12.4. The van der Waals surface area contributed by atoms with Gasteiger partial charge in [0, 0.05) is 19.6 Å². The highest BCUT2D eigenvalue weighted by atomic mass is 32.2. The van der Waals surface area contributed by atoms with Gasteiger partial charge in [0.1, 0.15) is 5.03 Å². The second-order valence-corrected chi connectivity index (χ2v) is 8.68. The molecule has 3 rings (SSSR count). The number of thioether (sulfide) groups is 1. The zero-order valence-corrected chi connectivity index (χ0v) is 19.7. The van der Waals surface area contributed by atoms with Crippen molar-refractivity contribution in [2.24, 2.45) is 5.92 Å². The summed E-state index contributed by atoms with van der Waals surface area (Å²) in [5.74, 6) is 0.123. The SMILES string of the molecule is CCCNC(=O)[C@H]1CCCN(c2ccc(SCC(=O)Nc3ccccc3C(=O)OC)nn2)C1. The van der Waals surface area contributed by atoms with Crippen molar-refractivity contribution in [1.82, 2.24) is 15.5 Å². The maximum Gasteiger partial charge on any atom is 0.339 e. The molecule has 1 aliphatic heterocycles. The summed E-state index contributed by atoms with van der Waals surface area (Å²) in [5.41, 5.74) is 0.699. The van der Waals surface area contributed by atoms with E-state index in [-0.39, 0.29) is 23.5 Å². The number of piperidine rings is 1. The van der Waals surface area contributed by atoms with Gasteiger partial charge >= 0.3 is 5.97 Å². The summed E-state index contributed by atoms with van der Waals surface area (Å²) in [7, 11) is 1.30. The number of hydrogen-bond donors (Lipinski definition) is 2. The van der Waals surface area contributed by atoms with Gasteiger partial charge in [0.15, 0.2) is 5.82 Å². The summed E-state index contributed by atoms with van der Waals surface area (Å²) < 4.78 is 4.75. The van der Waals surface area contributed by atoms with Gasteiger partial charge in [-0.2, -0.15) is 0 Å². The van der Waals surface area contributed by atoms with Gasteiger partial charge in [0.2, 0.25) is 11.8 Å². The van der Waals surface area contributed by atoms with Crippen LogP contribution in [0.15, 0.2) is 41.4 Å². The number of benzene rings is 1. The number of para-hydroxylation sites is 1. The van der Waals surface area contributed by atoms with E-state index in [1.165, 1.54) is 18.9 Å². The number of nitrogens with one attached hydrogen (secondary N) is 2. The fraction of sp³-hybridized carbons (Fsp3) is 0.435. The lowest BCUT2D eigenvalue weighted by Crippen LogP contribution is -2.43. The zero-order valence-electron chi connectivity index (χ0n) is 18.9. The number of hydrogen-bond acceptors (Lipinski definition) is 8. The van der Waals surface area contributed by atoms with E-state index in [9.17, 15) is 14.4 Å². The Labute approximate surface area is 197 Å². The normalized spacial score (nSPS) is 15.6. The third-order valence-corrected chi connectivity index (χ3v) is 6.17. The van der Waals surface area contributed by atoms with Crippen molar-refractivity contribution < 1.29 is 19.1 Å². The molecule has 2 aromatic rings. The molecule has 2 heterocycles. The highest BCUT2D eigenvalue weighted by molar-refractivity contribution is 7.99. The van der Waals surface area contributed by atoms with Crippen LogP contribution in [0, 0.1) is 5.92 Å². The zero-order chi connectivity index (χ0) is 23.6. The predicted molar refractivity (Wildman–Crippen MR) is 127 cm³/mol. The van der Waals surface area contributed by atoms with Crippen LogP contribution in [0.1, 0.15) is 36.5 Å². The molecule has 2 N–H and O–H groups in total. The molecule has 0 spiro atoms. The number of carbonyl (C=O) groups excluding carboxylic acids is 3. The molecule has 1 aliphatic rings. The molecule has 0 aliphatic carbocycles. The lowest BCUT2D eigenvalue weighted by atomic mass is 9.97. The Morgan fingerprint density at radius 1 is 1.18 bits per heavy atom. The van der Waals surface area contributed by atoms with E-state index < -0.39 is 5.97 Å². The molecule has 9 nitrogen and oxygen atoms in total. The third kappa shape index (κ3) is 6.92. The average Bonchev–Trinajstić information content (AvgIpc) is 2.86. The van der Waals surface area contributed by atoms with Crippen molar-refractivity contribution >= 4 is 41.1 Å². The molecule has 1 atom stereocenters. The van der Waals surface area contributed by atoms with E-state index in [0.717, 1.165) is 31.6 Å². The first-order valence-corrected chi connectivity index (χ1v) is 12.0. The maximum atomic E-state index is 12.4. The number of methoxy groups -OCH3 is 1. The summed E-state index contributed by atoms with van der Waals surface area (Å²) in [6.07, 6.45) is 2.72. The number of esters is 1. The standard InChI is InChI=1S/C23H29N5O4S/c1-3-12-24-22(30)16-7-6-13-28(14-16)19-10-11-21(27-26-19)33-15-20(29)25-18-9-5-4-8-17(18)23(31)32-2/h4-5,8-11,16H,3,6-7,12-15H2,1-2H3,(H,24,30)(H,25,29)/t16-/m0/s1. The van der Waals surface area contributed by atoms with Gasteiger partial charge in [0.25, 0.3) is 0 Å². The molecule has 1 aromatic heterocycles. The number of ether oxygens (including phenoxy) is 1. The summed E-state index contributed by atoms with van der Waals surface area (Å²) in [4.78, 5) is 38.6. The van der Waals surface area contributed by atoms with Crippen LogP contribution in [-0.2, 0) is 14.3 Å². The molecule has 0 unspecified atom stereocenters. The number of anilines is 2. The molecule has 10 heteroatoms. The smallest absolute Gasteiger partial charge is 0.339 e. The molecule has 2 amide bonds. The van der Waals surface area contributed by atoms with Gasteiger partial charge in [-0.3, -0.25) is 9.59 Å². The molecule has 176 valence electrons. The minimum atomic E-state index is -0.511. The number of amides is 2. The molecular formula is C23H29N5O4S. The number of carbonyl (C=O) groups is 3. The first-order chi connectivity index (χ1) is 16.0. The Bertz CT molecular complexity index is 970. The predicted octanol–water partition coefficient (Wildman–Crippen LogP) is 2.74. The van der Waals surface area contributed by atoms with Crippen LogP contribution < -0.4 is 15.5 Å². The fourth-order valence-electron chi connectivity index (χ4n) is 3.56. The Balaban J connectivity index is 1.52. The Morgan fingerprint density at radius 3 is 2.73 bits per heavy atom. The van der Waals surface area contributed by atoms with Gasteiger partial charge in [-0.25, -0.2) is 4.79 Å². The first kappa shape index (κ1) is 24.5. The third-order valence-electron chi connectivity index (χ3n) is 5.25. The van der Waals surface area contributed by atoms with Gasteiger partial charge < -0.3 is 20.3 Å². The lowest BCUT2D eigenvalue weighted by molar-refractivity contribution is -0.125. The van der Waals surface area contributed by atoms with E-state index in [4.69, 9.17) is 4.74 Å². The monoisotopic (exact) mass is 471 g/mol. The number of aromatic nitrogens is 2. The molecule has 1 fully saturated rings. The van der Waals surface area contributed by atoms with Crippen LogP contribution in [0.2, 0.25) is 0 Å². The van der Waals surface area contributed by atoms with Crippen molar-refractivity contribution in [2.75, 3.05) is 42.7 Å². The average molecular weight is 472 g/mol. The lowest BCUT2D eigenvalue weighted by Gasteiger charge is -2.32. The molecule has 33 heavy (non-hydrogen) atoms. The van der Waals surface area contributed by atoms with Gasteiger partial charge in [-0.05, 0) is 43.5 Å². The minimum absolute atomic E-state index is 0.0438. The fourth-order valence-corrected chi connectivity index (χ4v) is 4.17. The van der Waals surface area contributed by atoms with Crippen molar-refractivity contribution in [3.8, 4) is 0 Å². The van der Waals surface area contributed by atoms with Crippen molar-refractivity contribution in [3.63, 3.8) is 0 Å². The molecular weight excluding hydrogens is 442 g/mol. The summed E-state index contributed by atoms with van der Waals surface area (Å²) in [5, 5.41) is 14.8. The van der Waals surface area contributed by atoms with Crippen LogP contribution in [-0.4, -0.2) is 60.5 Å². The van der Waals surface area contributed by atoms with Crippen LogP contribution in [0.25, 0.3) is 0 Å². The summed E-state index contributed by atoms with van der Waals surface area (Å²) in [6, 6.07) is 10.4. The highest BCUT2D eigenvalue weighted by Crippen LogP contribution is 2.23. The van der Waals surface area contributed by atoms with Crippen molar-refractivity contribution in [2.45, 2.75) is 31.2 Å². The highest BCUT2D eigenvalue weighted by Gasteiger charge is 2.26.